The molecule has 19 heavy (non-hydrogen) atoms. The fraction of sp³-hybridized carbons (Fsp3) is 0.300. The third-order valence-corrected chi connectivity index (χ3v) is 4.35. The number of thioether (sulfide) groups is 1. The van der Waals surface area contributed by atoms with E-state index in [4.69, 9.17) is 14.6 Å². The van der Waals surface area contributed by atoms with Gasteiger partial charge in [-0.15, -0.1) is 0 Å². The Morgan fingerprint density at radius 2 is 2.26 bits per heavy atom. The van der Waals surface area contributed by atoms with Gasteiger partial charge in [0.25, 0.3) is 6.01 Å². The highest BCUT2D eigenvalue weighted by molar-refractivity contribution is 7.99. The number of nitrogens with zero attached hydrogens (tertiary/aromatic N) is 1. The van der Waals surface area contributed by atoms with E-state index in [2.05, 4.69) is 4.98 Å². The zero-order valence-electron chi connectivity index (χ0n) is 10.1. The van der Waals surface area contributed by atoms with E-state index in [1.807, 2.05) is 6.92 Å². The fourth-order valence-electron chi connectivity index (χ4n) is 1.47. The second-order valence-corrected chi connectivity index (χ2v) is 6.35. The Morgan fingerprint density at radius 3 is 2.89 bits per heavy atom. The molecule has 2 heterocycles. The minimum absolute atomic E-state index is 0.00705. The van der Waals surface area contributed by atoms with Crippen LogP contribution >= 0.6 is 19.4 Å². The molecule has 0 saturated heterocycles. The van der Waals surface area contributed by atoms with Crippen LogP contribution in [0.15, 0.2) is 26.3 Å². The third kappa shape index (κ3) is 3.03. The largest absolute Gasteiger partial charge is 0.462 e. The summed E-state index contributed by atoms with van der Waals surface area (Å²) in [5.41, 5.74) is 5.71. The zero-order valence-corrected chi connectivity index (χ0v) is 11.8. The Hall–Kier alpha value is -1.21. The number of hydrogen-bond acceptors (Lipinski definition) is 6. The number of nitrogens with two attached hydrogens (primary N) is 1. The normalized spacial score (nSPS) is 11.9. The Morgan fingerprint density at radius 1 is 1.53 bits per heavy atom. The van der Waals surface area contributed by atoms with Crippen molar-refractivity contribution in [3.05, 3.63) is 12.3 Å². The second-order valence-electron chi connectivity index (χ2n) is 3.72. The molecule has 0 saturated carbocycles. The van der Waals surface area contributed by atoms with Gasteiger partial charge in [-0.3, -0.25) is 4.57 Å². The van der Waals surface area contributed by atoms with E-state index in [0.717, 1.165) is 12.2 Å². The molecule has 7 nitrogen and oxygen atoms in total. The molecule has 9 heteroatoms. The minimum atomic E-state index is -4.44. The lowest BCUT2D eigenvalue weighted by atomic mass is 10.3. The first-order chi connectivity index (χ1) is 8.93. The SMILES string of the molecule is CCCSc1oc(N)nc1-c1occc1P(=O)(O)O. The summed E-state index contributed by atoms with van der Waals surface area (Å²) in [6.07, 6.45) is 2.11. The zero-order chi connectivity index (χ0) is 14.0. The fourth-order valence-corrected chi connectivity index (χ4v) is 2.95. The van der Waals surface area contributed by atoms with Crippen LogP contribution in [0.5, 0.6) is 0 Å². The molecule has 2 aromatic rings. The van der Waals surface area contributed by atoms with Crippen molar-refractivity contribution >= 4 is 30.7 Å². The van der Waals surface area contributed by atoms with Gasteiger partial charge >= 0.3 is 7.60 Å². The molecular formula is C10H13N2O5PS. The maximum absolute atomic E-state index is 11.4. The molecule has 0 fully saturated rings. The molecule has 0 amide bonds. The van der Waals surface area contributed by atoms with E-state index in [9.17, 15) is 14.4 Å². The highest BCUT2D eigenvalue weighted by atomic mass is 32.2. The average molecular weight is 304 g/mol. The summed E-state index contributed by atoms with van der Waals surface area (Å²) in [5.74, 6) is 0.764. The quantitative estimate of drug-likeness (QED) is 0.564. The van der Waals surface area contributed by atoms with Gasteiger partial charge in [0.05, 0.1) is 6.26 Å². The molecule has 0 aliphatic carbocycles. The molecule has 0 radical (unpaired) electrons. The number of rotatable bonds is 5. The van der Waals surface area contributed by atoms with Crippen LogP contribution in [0.1, 0.15) is 13.3 Å². The third-order valence-electron chi connectivity index (χ3n) is 2.22. The summed E-state index contributed by atoms with van der Waals surface area (Å²) in [7, 11) is -4.44. The van der Waals surface area contributed by atoms with Gasteiger partial charge < -0.3 is 24.4 Å². The lowest BCUT2D eigenvalue weighted by molar-refractivity contribution is 0.387. The molecule has 2 aromatic heterocycles. The minimum Gasteiger partial charge on any atom is -0.462 e. The summed E-state index contributed by atoms with van der Waals surface area (Å²) >= 11 is 1.36. The van der Waals surface area contributed by atoms with Gasteiger partial charge in [0, 0.05) is 5.75 Å². The van der Waals surface area contributed by atoms with E-state index in [1.54, 1.807) is 0 Å². The highest BCUT2D eigenvalue weighted by Crippen LogP contribution is 2.41. The van der Waals surface area contributed by atoms with Crippen molar-refractivity contribution < 1.29 is 23.2 Å². The molecule has 0 aliphatic rings. The molecular weight excluding hydrogens is 291 g/mol. The number of furan rings is 1. The number of hydrogen-bond donors (Lipinski definition) is 3. The van der Waals surface area contributed by atoms with Crippen LogP contribution in [0, 0.1) is 0 Å². The van der Waals surface area contributed by atoms with E-state index in [-0.39, 0.29) is 22.8 Å². The van der Waals surface area contributed by atoms with Gasteiger partial charge in [-0.25, -0.2) is 0 Å². The smallest absolute Gasteiger partial charge is 0.360 e. The van der Waals surface area contributed by atoms with Gasteiger partial charge in [-0.05, 0) is 12.5 Å². The van der Waals surface area contributed by atoms with Crippen molar-refractivity contribution in [3.8, 4) is 11.5 Å². The van der Waals surface area contributed by atoms with Crippen molar-refractivity contribution in [1.82, 2.24) is 4.98 Å². The first-order valence-electron chi connectivity index (χ1n) is 5.46. The summed E-state index contributed by atoms with van der Waals surface area (Å²) < 4.78 is 21.7. The summed E-state index contributed by atoms with van der Waals surface area (Å²) in [6, 6.07) is 1.15. The monoisotopic (exact) mass is 304 g/mol. The topological polar surface area (TPSA) is 123 Å². The van der Waals surface area contributed by atoms with Crippen LogP contribution < -0.4 is 11.0 Å². The first kappa shape index (κ1) is 14.2. The predicted octanol–water partition coefficient (Wildman–Crippen LogP) is 1.82. The summed E-state index contributed by atoms with van der Waals surface area (Å²) in [4.78, 5) is 22.4. The molecule has 0 aliphatic heterocycles. The first-order valence-corrected chi connectivity index (χ1v) is 8.06. The van der Waals surface area contributed by atoms with Crippen LogP contribution in [0.2, 0.25) is 0 Å². The van der Waals surface area contributed by atoms with Gasteiger partial charge in [-0.2, -0.15) is 4.98 Å². The van der Waals surface area contributed by atoms with Crippen LogP contribution in [0.4, 0.5) is 6.01 Å². The van der Waals surface area contributed by atoms with Gasteiger partial charge in [0.2, 0.25) is 0 Å². The van der Waals surface area contributed by atoms with Crippen LogP contribution in [0.3, 0.4) is 0 Å². The second kappa shape index (κ2) is 5.42. The van der Waals surface area contributed by atoms with Crippen molar-refractivity contribution in [1.29, 1.82) is 0 Å². The molecule has 0 aromatic carbocycles. The van der Waals surface area contributed by atoms with E-state index < -0.39 is 7.60 Å². The van der Waals surface area contributed by atoms with E-state index in [1.165, 1.54) is 24.1 Å². The molecule has 4 N–H and O–H groups in total. The summed E-state index contributed by atoms with van der Waals surface area (Å²) in [6.45, 7) is 2.00. The van der Waals surface area contributed by atoms with Crippen molar-refractivity contribution in [2.45, 2.75) is 18.4 Å². The lowest BCUT2D eigenvalue weighted by Crippen LogP contribution is -2.04. The van der Waals surface area contributed by atoms with Gasteiger partial charge in [-0.1, -0.05) is 18.7 Å². The number of nitrogen functional groups attached to an aromatic ring is 1. The van der Waals surface area contributed by atoms with Crippen LogP contribution in [-0.2, 0) is 4.57 Å². The lowest BCUT2D eigenvalue weighted by Gasteiger charge is -2.03. The Bertz CT molecular complexity index is 617. The Balaban J connectivity index is 2.47. The number of oxazole rings is 1. The van der Waals surface area contributed by atoms with Crippen molar-refractivity contribution in [3.63, 3.8) is 0 Å². The molecule has 2 rings (SSSR count). The number of aromatic nitrogens is 1. The number of anilines is 1. The average Bonchev–Trinajstić information content (AvgIpc) is 2.91. The Kier molecular flexibility index (Phi) is 4.05. The van der Waals surface area contributed by atoms with E-state index >= 15 is 0 Å². The van der Waals surface area contributed by atoms with E-state index in [0.29, 0.717) is 5.09 Å². The maximum Gasteiger partial charge on any atom is 0.360 e. The van der Waals surface area contributed by atoms with Crippen LogP contribution in [0.25, 0.3) is 11.5 Å². The highest BCUT2D eigenvalue weighted by Gasteiger charge is 2.29. The standard InChI is InChI=1S/C10H13N2O5PS/c1-2-5-19-9-7(12-10(11)17-9)8-6(3-4-16-8)18(13,14)15/h3-4H,2,5H2,1H3,(H2,11,12)(H2,13,14,15). The van der Waals surface area contributed by atoms with Crippen LogP contribution in [-0.4, -0.2) is 20.5 Å². The van der Waals surface area contributed by atoms with Gasteiger partial charge in [0.15, 0.2) is 16.5 Å². The molecule has 0 spiro atoms. The van der Waals surface area contributed by atoms with Gasteiger partial charge in [0.1, 0.15) is 5.30 Å². The molecule has 0 bridgehead atoms. The maximum atomic E-state index is 11.4. The summed E-state index contributed by atoms with van der Waals surface area (Å²) in [5, 5.41) is 0.170. The van der Waals surface area contributed by atoms with Crippen molar-refractivity contribution in [2.24, 2.45) is 0 Å². The molecule has 0 unspecified atom stereocenters. The van der Waals surface area contributed by atoms with Crippen molar-refractivity contribution in [2.75, 3.05) is 11.5 Å². The molecule has 104 valence electrons. The molecule has 0 atom stereocenters. The predicted molar refractivity (Wildman–Crippen MR) is 71.3 cm³/mol. The Labute approximate surface area is 113 Å².